The van der Waals surface area contributed by atoms with Crippen molar-refractivity contribution in [2.45, 2.75) is 58.7 Å². The van der Waals surface area contributed by atoms with E-state index in [4.69, 9.17) is 4.74 Å². The van der Waals surface area contributed by atoms with E-state index in [-0.39, 0.29) is 17.9 Å². The molecule has 0 aliphatic carbocycles. The zero-order valence-electron chi connectivity index (χ0n) is 21.2. The summed E-state index contributed by atoms with van der Waals surface area (Å²) in [5.74, 6) is 0.577. The van der Waals surface area contributed by atoms with Gasteiger partial charge in [-0.1, -0.05) is 76.1 Å². The normalized spacial score (nSPS) is 11.7. The molecule has 6 heteroatoms. The van der Waals surface area contributed by atoms with E-state index >= 15 is 0 Å². The lowest BCUT2D eigenvalue weighted by molar-refractivity contribution is -0.141. The van der Waals surface area contributed by atoms with Gasteiger partial charge in [0.2, 0.25) is 11.8 Å². The zero-order valence-corrected chi connectivity index (χ0v) is 22.8. The Morgan fingerprint density at radius 2 is 1.64 bits per heavy atom. The Labute approximate surface area is 223 Å². The van der Waals surface area contributed by atoms with Gasteiger partial charge in [-0.25, -0.2) is 0 Å². The molecule has 3 aromatic rings. The quantitative estimate of drug-likeness (QED) is 0.278. The van der Waals surface area contributed by atoms with Crippen LogP contribution in [-0.2, 0) is 22.6 Å². The van der Waals surface area contributed by atoms with Gasteiger partial charge in [0.15, 0.2) is 0 Å². The molecule has 2 amide bonds. The van der Waals surface area contributed by atoms with E-state index in [0.717, 1.165) is 21.3 Å². The molecule has 0 aromatic heterocycles. The fraction of sp³-hybridized carbons (Fsp3) is 0.333. The van der Waals surface area contributed by atoms with Crippen molar-refractivity contribution >= 4 is 27.7 Å². The molecule has 3 aromatic carbocycles. The van der Waals surface area contributed by atoms with Crippen LogP contribution in [0.2, 0.25) is 0 Å². The van der Waals surface area contributed by atoms with Crippen molar-refractivity contribution in [1.82, 2.24) is 10.2 Å². The van der Waals surface area contributed by atoms with Gasteiger partial charge >= 0.3 is 0 Å². The lowest BCUT2D eigenvalue weighted by Crippen LogP contribution is -2.51. The minimum absolute atomic E-state index is 0.0264. The number of rotatable bonds is 12. The van der Waals surface area contributed by atoms with Crippen LogP contribution in [0.3, 0.4) is 0 Å². The molecule has 0 bridgehead atoms. The first-order valence-corrected chi connectivity index (χ1v) is 13.2. The molecule has 0 unspecified atom stereocenters. The highest BCUT2D eigenvalue weighted by molar-refractivity contribution is 9.10. The first-order chi connectivity index (χ1) is 17.3. The molecule has 5 nitrogen and oxygen atoms in total. The first kappa shape index (κ1) is 27.5. The van der Waals surface area contributed by atoms with E-state index in [1.165, 1.54) is 5.56 Å². The average molecular weight is 552 g/mol. The average Bonchev–Trinajstić information content (AvgIpc) is 2.85. The standard InChI is InChI=1S/C30H35BrN2O3/c1-22(2)32-30(35)28(20-24-9-5-4-6-10-24)33(21-25-11-7-12-26(31)19-25)29(34)13-8-18-36-27-16-14-23(3)15-17-27/h4-7,9-12,14-17,19,22,28H,8,13,18,20-21H2,1-3H3,(H,32,35)/t28-/m1/s1. The highest BCUT2D eigenvalue weighted by atomic mass is 79.9. The molecular formula is C30H35BrN2O3. The van der Waals surface area contributed by atoms with Gasteiger partial charge < -0.3 is 15.0 Å². The minimum atomic E-state index is -0.626. The number of hydrogen-bond donors (Lipinski definition) is 1. The minimum Gasteiger partial charge on any atom is -0.494 e. The number of nitrogens with zero attached hydrogens (tertiary/aromatic N) is 1. The lowest BCUT2D eigenvalue weighted by atomic mass is 10.0. The zero-order chi connectivity index (χ0) is 25.9. The molecule has 0 radical (unpaired) electrons. The monoisotopic (exact) mass is 550 g/mol. The van der Waals surface area contributed by atoms with E-state index in [9.17, 15) is 9.59 Å². The topological polar surface area (TPSA) is 58.6 Å². The SMILES string of the molecule is Cc1ccc(OCCCC(=O)N(Cc2cccc(Br)c2)[C@H](Cc2ccccc2)C(=O)NC(C)C)cc1. The molecule has 0 saturated heterocycles. The predicted molar refractivity (Wildman–Crippen MR) is 148 cm³/mol. The molecule has 1 N–H and O–H groups in total. The van der Waals surface area contributed by atoms with Crippen molar-refractivity contribution in [2.24, 2.45) is 0 Å². The van der Waals surface area contributed by atoms with Gasteiger partial charge in [-0.05, 0) is 62.6 Å². The number of carbonyl (C=O) groups excluding carboxylic acids is 2. The van der Waals surface area contributed by atoms with Crippen LogP contribution in [0, 0.1) is 6.92 Å². The molecule has 36 heavy (non-hydrogen) atoms. The summed E-state index contributed by atoms with van der Waals surface area (Å²) in [5.41, 5.74) is 3.14. The molecular weight excluding hydrogens is 516 g/mol. The summed E-state index contributed by atoms with van der Waals surface area (Å²) in [7, 11) is 0. The number of halogens is 1. The molecule has 0 heterocycles. The van der Waals surface area contributed by atoms with Gasteiger partial charge in [-0.3, -0.25) is 9.59 Å². The van der Waals surface area contributed by atoms with Crippen LogP contribution >= 0.6 is 15.9 Å². The van der Waals surface area contributed by atoms with E-state index in [0.29, 0.717) is 32.4 Å². The Bertz CT molecular complexity index is 1120. The molecule has 1 atom stereocenters. The van der Waals surface area contributed by atoms with Crippen LogP contribution in [-0.4, -0.2) is 35.4 Å². The maximum absolute atomic E-state index is 13.6. The summed E-state index contributed by atoms with van der Waals surface area (Å²) >= 11 is 3.52. The van der Waals surface area contributed by atoms with Crippen molar-refractivity contribution in [1.29, 1.82) is 0 Å². The molecule has 0 fully saturated rings. The Balaban J connectivity index is 1.78. The largest absolute Gasteiger partial charge is 0.494 e. The fourth-order valence-corrected chi connectivity index (χ4v) is 4.40. The van der Waals surface area contributed by atoms with Gasteiger partial charge in [0.25, 0.3) is 0 Å². The van der Waals surface area contributed by atoms with Crippen molar-refractivity contribution in [3.05, 3.63) is 100 Å². The van der Waals surface area contributed by atoms with Crippen molar-refractivity contribution < 1.29 is 14.3 Å². The number of benzene rings is 3. The summed E-state index contributed by atoms with van der Waals surface area (Å²) < 4.78 is 6.76. The highest BCUT2D eigenvalue weighted by Crippen LogP contribution is 2.19. The second-order valence-corrected chi connectivity index (χ2v) is 10.2. The third kappa shape index (κ3) is 8.83. The molecule has 0 aliphatic heterocycles. The highest BCUT2D eigenvalue weighted by Gasteiger charge is 2.30. The Morgan fingerprint density at radius 1 is 0.944 bits per heavy atom. The second kappa shape index (κ2) is 13.8. The van der Waals surface area contributed by atoms with Gasteiger partial charge in [-0.15, -0.1) is 0 Å². The van der Waals surface area contributed by atoms with Gasteiger partial charge in [0, 0.05) is 29.9 Å². The smallest absolute Gasteiger partial charge is 0.243 e. The fourth-order valence-electron chi connectivity index (χ4n) is 3.96. The van der Waals surface area contributed by atoms with Crippen LogP contribution < -0.4 is 10.1 Å². The summed E-state index contributed by atoms with van der Waals surface area (Å²) in [6, 6.07) is 24.9. The Hall–Kier alpha value is -3.12. The van der Waals surface area contributed by atoms with E-state index in [2.05, 4.69) is 21.2 Å². The Morgan fingerprint density at radius 3 is 2.31 bits per heavy atom. The van der Waals surface area contributed by atoms with Gasteiger partial charge in [0.05, 0.1) is 6.61 Å². The van der Waals surface area contributed by atoms with Crippen LogP contribution in [0.1, 0.15) is 43.4 Å². The predicted octanol–water partition coefficient (Wildman–Crippen LogP) is 6.08. The van der Waals surface area contributed by atoms with Gasteiger partial charge in [-0.2, -0.15) is 0 Å². The third-order valence-corrected chi connectivity index (χ3v) is 6.26. The van der Waals surface area contributed by atoms with Crippen LogP contribution in [0.4, 0.5) is 0 Å². The maximum Gasteiger partial charge on any atom is 0.243 e. The van der Waals surface area contributed by atoms with E-state index < -0.39 is 6.04 Å². The third-order valence-electron chi connectivity index (χ3n) is 5.77. The van der Waals surface area contributed by atoms with Crippen molar-refractivity contribution in [3.63, 3.8) is 0 Å². The van der Waals surface area contributed by atoms with Crippen molar-refractivity contribution in [3.8, 4) is 5.75 Å². The maximum atomic E-state index is 13.6. The first-order valence-electron chi connectivity index (χ1n) is 12.4. The van der Waals surface area contributed by atoms with E-state index in [1.807, 2.05) is 99.6 Å². The molecule has 190 valence electrons. The van der Waals surface area contributed by atoms with Crippen LogP contribution in [0.25, 0.3) is 0 Å². The number of amides is 2. The number of nitrogens with one attached hydrogen (secondary N) is 1. The van der Waals surface area contributed by atoms with Crippen molar-refractivity contribution in [2.75, 3.05) is 6.61 Å². The van der Waals surface area contributed by atoms with Crippen LogP contribution in [0.5, 0.6) is 5.75 Å². The number of hydrogen-bond acceptors (Lipinski definition) is 3. The molecule has 3 rings (SSSR count). The molecule has 0 saturated carbocycles. The van der Waals surface area contributed by atoms with E-state index in [1.54, 1.807) is 4.90 Å². The van der Waals surface area contributed by atoms with Gasteiger partial charge in [0.1, 0.15) is 11.8 Å². The van der Waals surface area contributed by atoms with Crippen LogP contribution in [0.15, 0.2) is 83.3 Å². The number of aryl methyl sites for hydroxylation is 1. The molecule has 0 spiro atoms. The number of carbonyl (C=O) groups is 2. The lowest BCUT2D eigenvalue weighted by Gasteiger charge is -2.32. The summed E-state index contributed by atoms with van der Waals surface area (Å²) in [5, 5.41) is 3.02. The summed E-state index contributed by atoms with van der Waals surface area (Å²) in [4.78, 5) is 28.7. The number of ether oxygens (including phenoxy) is 1. The molecule has 0 aliphatic rings. The summed E-state index contributed by atoms with van der Waals surface area (Å²) in [6.07, 6.45) is 1.30. The summed E-state index contributed by atoms with van der Waals surface area (Å²) in [6.45, 7) is 6.67. The Kier molecular flexibility index (Phi) is 10.6. The second-order valence-electron chi connectivity index (χ2n) is 9.29.